The number of nitrogens with two attached hydrogens (primary N) is 1. The highest BCUT2D eigenvalue weighted by molar-refractivity contribution is 5.86. The van der Waals surface area contributed by atoms with E-state index in [1.54, 1.807) is 12.0 Å². The maximum atomic E-state index is 14.9. The number of H-pyrrole nitrogens is 1. The second-order valence-electron chi connectivity index (χ2n) is 9.10. The molecule has 0 spiro atoms. The minimum atomic E-state index is -4.89. The first kappa shape index (κ1) is 29.5. The molecule has 0 bridgehead atoms. The van der Waals surface area contributed by atoms with Crippen LogP contribution < -0.4 is 22.2 Å². The molecule has 3 aromatic heterocycles. The lowest BCUT2D eigenvalue weighted by molar-refractivity contribution is -0.138. The third kappa shape index (κ3) is 6.30. The van der Waals surface area contributed by atoms with Crippen LogP contribution in [0.15, 0.2) is 46.4 Å². The molecule has 4 N–H and O–H groups in total. The Morgan fingerprint density at radius 2 is 1.83 bits per heavy atom. The number of halogens is 7. The molecule has 0 fully saturated rings. The van der Waals surface area contributed by atoms with Crippen LogP contribution in [0.2, 0.25) is 0 Å². The van der Waals surface area contributed by atoms with Gasteiger partial charge in [0.05, 0.1) is 22.8 Å². The fourth-order valence-corrected chi connectivity index (χ4v) is 4.29. The number of hydrogen-bond donors (Lipinski definition) is 3. The number of pyridine rings is 1. The van der Waals surface area contributed by atoms with E-state index in [1.165, 1.54) is 22.9 Å². The van der Waals surface area contributed by atoms with E-state index < -0.39 is 58.0 Å². The Kier molecular flexibility index (Phi) is 8.03. The number of rotatable bonds is 8. The van der Waals surface area contributed by atoms with Gasteiger partial charge in [-0.15, -0.1) is 0 Å². The highest BCUT2D eigenvalue weighted by Gasteiger charge is 2.38. The molecule has 4 rings (SSSR count). The van der Waals surface area contributed by atoms with E-state index in [0.717, 1.165) is 12.3 Å². The fraction of sp³-hybridized carbons (Fsp3) is 0.320. The van der Waals surface area contributed by atoms with Crippen LogP contribution >= 0.6 is 0 Å². The zero-order valence-corrected chi connectivity index (χ0v) is 21.2. The predicted molar refractivity (Wildman–Crippen MR) is 135 cm³/mol. The van der Waals surface area contributed by atoms with Gasteiger partial charge in [-0.3, -0.25) is 9.59 Å². The van der Waals surface area contributed by atoms with Gasteiger partial charge in [-0.1, -0.05) is 6.92 Å². The summed E-state index contributed by atoms with van der Waals surface area (Å²) in [6.45, 7) is 1.89. The van der Waals surface area contributed by atoms with E-state index in [0.29, 0.717) is 25.5 Å². The van der Waals surface area contributed by atoms with Crippen molar-refractivity contribution < 1.29 is 30.7 Å². The summed E-state index contributed by atoms with van der Waals surface area (Å²) in [6.07, 6.45) is -5.84. The van der Waals surface area contributed by atoms with Gasteiger partial charge in [0.2, 0.25) is 0 Å². The van der Waals surface area contributed by atoms with Crippen molar-refractivity contribution in [1.82, 2.24) is 24.7 Å². The van der Waals surface area contributed by atoms with Gasteiger partial charge in [-0.05, 0) is 42.8 Å². The zero-order valence-electron chi connectivity index (χ0n) is 21.2. The van der Waals surface area contributed by atoms with Gasteiger partial charge in [0.1, 0.15) is 22.8 Å². The number of aryl methyl sites for hydroxylation is 1. The molecule has 0 amide bonds. The molecule has 0 aliphatic heterocycles. The van der Waals surface area contributed by atoms with Gasteiger partial charge in [0, 0.05) is 25.0 Å². The van der Waals surface area contributed by atoms with Crippen LogP contribution in [-0.4, -0.2) is 30.8 Å². The van der Waals surface area contributed by atoms with Gasteiger partial charge in [-0.2, -0.15) is 31.4 Å². The average molecular weight is 585 g/mol. The first-order chi connectivity index (χ1) is 19.2. The summed E-state index contributed by atoms with van der Waals surface area (Å²) in [5.41, 5.74) is 0.101. The number of alkyl halides is 6. The van der Waals surface area contributed by atoms with Crippen LogP contribution in [0, 0.1) is 5.82 Å². The molecular weight excluding hydrogens is 563 g/mol. The Morgan fingerprint density at radius 3 is 2.46 bits per heavy atom. The molecule has 0 saturated carbocycles. The maximum absolute atomic E-state index is 14.9. The molecule has 1 aromatic carbocycles. The molecule has 41 heavy (non-hydrogen) atoms. The molecule has 0 unspecified atom stereocenters. The summed E-state index contributed by atoms with van der Waals surface area (Å²) < 4.78 is 95.1. The zero-order chi connectivity index (χ0) is 30.1. The Labute approximate surface area is 226 Å². The van der Waals surface area contributed by atoms with Crippen LogP contribution in [0.5, 0.6) is 0 Å². The number of hydrogen-bond acceptors (Lipinski definition) is 7. The van der Waals surface area contributed by atoms with Crippen molar-refractivity contribution in [3.63, 3.8) is 0 Å². The van der Waals surface area contributed by atoms with E-state index in [9.17, 15) is 40.3 Å². The number of nitrogen functional groups attached to an aromatic ring is 1. The van der Waals surface area contributed by atoms with Crippen molar-refractivity contribution in [2.45, 2.75) is 51.1 Å². The standard InChI is InChI=1S/C25H22F7N7O2/c1-2-13(36-18-11-35-38-22(40)19(18)25(30,31)32)4-3-6-39-7-5-12-8-15(17(26)9-14(12)23(39)41)21-34-10-16(20(33)37-21)24(27,28)29/h5,7-11,13H,2-4,6H2,1H3,(H2,33,34,37)(H2,36,38,40)/t13-/m0/s1. The monoisotopic (exact) mass is 585 g/mol. The van der Waals surface area contributed by atoms with Crippen molar-refractivity contribution in [3.8, 4) is 11.4 Å². The van der Waals surface area contributed by atoms with Gasteiger partial charge in [0.15, 0.2) is 5.82 Å². The Morgan fingerprint density at radius 1 is 1.10 bits per heavy atom. The SMILES string of the molecule is CC[C@@H](CCCn1ccc2cc(-c3ncc(C(F)(F)F)c(N)n3)c(F)cc2c1=O)Nc1cn[nH]c(=O)c1C(F)(F)F. The minimum Gasteiger partial charge on any atom is -0.383 e. The fourth-order valence-electron chi connectivity index (χ4n) is 4.29. The topological polar surface area (TPSA) is 132 Å². The van der Waals surface area contributed by atoms with Crippen molar-refractivity contribution in [2.75, 3.05) is 11.1 Å². The average Bonchev–Trinajstić information content (AvgIpc) is 2.88. The van der Waals surface area contributed by atoms with Crippen LogP contribution in [0.1, 0.15) is 37.3 Å². The third-order valence-corrected chi connectivity index (χ3v) is 6.37. The number of aromatic amines is 1. The van der Waals surface area contributed by atoms with E-state index in [2.05, 4.69) is 20.4 Å². The minimum absolute atomic E-state index is 0.0109. The summed E-state index contributed by atoms with van der Waals surface area (Å²) in [5.74, 6) is -2.21. The van der Waals surface area contributed by atoms with Gasteiger partial charge >= 0.3 is 12.4 Å². The Hall–Kier alpha value is -4.50. The predicted octanol–water partition coefficient (Wildman–Crippen LogP) is 4.97. The summed E-state index contributed by atoms with van der Waals surface area (Å²) >= 11 is 0. The lowest BCUT2D eigenvalue weighted by atomic mass is 10.1. The normalized spacial score (nSPS) is 13.0. The highest BCUT2D eigenvalue weighted by atomic mass is 19.4. The van der Waals surface area contributed by atoms with Gasteiger partial charge in [-0.25, -0.2) is 19.5 Å². The van der Waals surface area contributed by atoms with Crippen LogP contribution in [0.25, 0.3) is 22.2 Å². The second kappa shape index (κ2) is 11.2. The van der Waals surface area contributed by atoms with Crippen LogP contribution in [0.4, 0.5) is 42.2 Å². The summed E-state index contributed by atoms with van der Waals surface area (Å²) in [6, 6.07) is 3.17. The molecule has 3 heterocycles. The number of fused-ring (bicyclic) bond motifs is 1. The van der Waals surface area contributed by atoms with Gasteiger partial charge < -0.3 is 15.6 Å². The second-order valence-corrected chi connectivity index (χ2v) is 9.10. The molecule has 0 aliphatic carbocycles. The molecule has 4 aromatic rings. The lowest BCUT2D eigenvalue weighted by Gasteiger charge is -2.20. The Bertz CT molecular complexity index is 1700. The third-order valence-electron chi connectivity index (χ3n) is 6.37. The van der Waals surface area contributed by atoms with Gasteiger partial charge in [0.25, 0.3) is 11.1 Å². The number of aromatic nitrogens is 5. The highest BCUT2D eigenvalue weighted by Crippen LogP contribution is 2.34. The molecule has 1 atom stereocenters. The number of benzene rings is 1. The van der Waals surface area contributed by atoms with Crippen LogP contribution in [0.3, 0.4) is 0 Å². The summed E-state index contributed by atoms with van der Waals surface area (Å²) in [4.78, 5) is 31.8. The van der Waals surface area contributed by atoms with E-state index in [-0.39, 0.29) is 28.7 Å². The Balaban J connectivity index is 1.52. The summed E-state index contributed by atoms with van der Waals surface area (Å²) in [7, 11) is 0. The summed E-state index contributed by atoms with van der Waals surface area (Å²) in [5, 5.41) is 8.16. The van der Waals surface area contributed by atoms with E-state index in [1.807, 2.05) is 0 Å². The van der Waals surface area contributed by atoms with Crippen molar-refractivity contribution >= 4 is 22.3 Å². The van der Waals surface area contributed by atoms with Crippen molar-refractivity contribution in [1.29, 1.82) is 0 Å². The molecule has 0 radical (unpaired) electrons. The molecule has 9 nitrogen and oxygen atoms in total. The number of anilines is 2. The van der Waals surface area contributed by atoms with Crippen molar-refractivity contribution in [2.24, 2.45) is 0 Å². The maximum Gasteiger partial charge on any atom is 0.423 e. The van der Waals surface area contributed by atoms with E-state index >= 15 is 0 Å². The van der Waals surface area contributed by atoms with Crippen LogP contribution in [-0.2, 0) is 18.9 Å². The molecular formula is C25H22F7N7O2. The number of nitrogens with zero attached hydrogens (tertiary/aromatic N) is 4. The molecule has 0 saturated heterocycles. The first-order valence-electron chi connectivity index (χ1n) is 12.1. The largest absolute Gasteiger partial charge is 0.423 e. The smallest absolute Gasteiger partial charge is 0.383 e. The molecule has 16 heteroatoms. The quantitative estimate of drug-likeness (QED) is 0.249. The molecule has 218 valence electrons. The first-order valence-corrected chi connectivity index (χ1v) is 12.1. The number of nitrogens with one attached hydrogen (secondary N) is 2. The van der Waals surface area contributed by atoms with Crippen molar-refractivity contribution in [3.05, 3.63) is 74.4 Å². The lowest BCUT2D eigenvalue weighted by Crippen LogP contribution is -2.28. The molecule has 0 aliphatic rings. The van der Waals surface area contributed by atoms with E-state index in [4.69, 9.17) is 5.73 Å².